The zero-order valence-electron chi connectivity index (χ0n) is 22.8. The van der Waals surface area contributed by atoms with Crippen molar-refractivity contribution in [1.29, 1.82) is 0 Å². The first-order valence-corrected chi connectivity index (χ1v) is 14.8. The molecule has 1 fully saturated rings. The van der Waals surface area contributed by atoms with Gasteiger partial charge in [0.05, 0.1) is 27.3 Å². The number of fused-ring (bicyclic) bond motifs is 1. The van der Waals surface area contributed by atoms with E-state index in [4.69, 9.17) is 25.8 Å². The van der Waals surface area contributed by atoms with Crippen molar-refractivity contribution in [2.75, 3.05) is 6.61 Å². The Bertz CT molecular complexity index is 1810. The van der Waals surface area contributed by atoms with Crippen LogP contribution in [-0.2, 0) is 14.2 Å². The van der Waals surface area contributed by atoms with Gasteiger partial charge in [-0.15, -0.1) is 11.8 Å². The average Bonchev–Trinajstić information content (AvgIpc) is 3.57. The molecule has 5 aromatic rings. The number of hydrogen-bond donors (Lipinski definition) is 0. The van der Waals surface area contributed by atoms with Crippen LogP contribution in [0.3, 0.4) is 0 Å². The summed E-state index contributed by atoms with van der Waals surface area (Å²) in [6.07, 6.45) is 0.0917. The number of aromatic nitrogens is 3. The normalized spacial score (nSPS) is 19.4. The monoisotopic (exact) mass is 631 g/mol. The highest BCUT2D eigenvalue weighted by atomic mass is 35.5. The average molecular weight is 632 g/mol. The molecule has 1 aliphatic heterocycles. The summed E-state index contributed by atoms with van der Waals surface area (Å²) in [5, 5.41) is -1.70. The summed E-state index contributed by atoms with van der Waals surface area (Å²) in [6.45, 7) is -0.210. The quantitative estimate of drug-likeness (QED) is 0.113. The maximum Gasteiger partial charge on any atom is 0.338 e. The number of nitrogens with zero attached hydrogens (tertiary/aromatic N) is 3. The Morgan fingerprint density at radius 1 is 0.773 bits per heavy atom. The Hall–Kier alpha value is -4.74. The zero-order valence-corrected chi connectivity index (χ0v) is 24.4. The molecule has 0 aliphatic carbocycles. The Morgan fingerprint density at radius 2 is 1.30 bits per heavy atom. The molecule has 44 heavy (non-hydrogen) atoms. The molecule has 222 valence electrons. The summed E-state index contributed by atoms with van der Waals surface area (Å²) in [5.74, 6) is -2.63. The topological polar surface area (TPSA) is 110 Å². The fourth-order valence-electron chi connectivity index (χ4n) is 4.88. The van der Waals surface area contributed by atoms with Crippen LogP contribution in [0.2, 0.25) is 5.15 Å². The summed E-state index contributed by atoms with van der Waals surface area (Å²) < 4.78 is 34.3. The van der Waals surface area contributed by atoms with Crippen molar-refractivity contribution in [3.05, 3.63) is 131 Å². The molecule has 3 aromatic carbocycles. The van der Waals surface area contributed by atoms with Crippen molar-refractivity contribution in [3.8, 4) is 0 Å². The molecule has 1 saturated heterocycles. The molecule has 1 unspecified atom stereocenters. The van der Waals surface area contributed by atoms with Gasteiger partial charge in [-0.2, -0.15) is 0 Å². The Balaban J connectivity index is 1.39. The second kappa shape index (κ2) is 12.9. The summed E-state index contributed by atoms with van der Waals surface area (Å²) in [7, 11) is 0. The summed E-state index contributed by atoms with van der Waals surface area (Å²) in [6, 6.07) is 25.0. The van der Waals surface area contributed by atoms with Gasteiger partial charge in [0, 0.05) is 6.20 Å². The van der Waals surface area contributed by atoms with E-state index >= 15 is 4.39 Å². The predicted molar refractivity (Wildman–Crippen MR) is 161 cm³/mol. The molecule has 0 radical (unpaired) electrons. The lowest BCUT2D eigenvalue weighted by molar-refractivity contribution is -0.0406. The molecule has 2 aromatic heterocycles. The van der Waals surface area contributed by atoms with E-state index in [-0.39, 0.29) is 33.9 Å². The van der Waals surface area contributed by atoms with Gasteiger partial charge in [-0.25, -0.2) is 28.7 Å². The van der Waals surface area contributed by atoms with Gasteiger partial charge < -0.3 is 18.8 Å². The number of thioether (sulfide) groups is 1. The number of carbonyl (C=O) groups is 3. The van der Waals surface area contributed by atoms with E-state index in [2.05, 4.69) is 9.97 Å². The van der Waals surface area contributed by atoms with E-state index in [1.165, 1.54) is 28.9 Å². The van der Waals surface area contributed by atoms with Crippen molar-refractivity contribution < 1.29 is 33.0 Å². The van der Waals surface area contributed by atoms with Gasteiger partial charge in [-0.1, -0.05) is 66.2 Å². The molecular formula is C32H23ClFN3O6S. The van der Waals surface area contributed by atoms with Crippen molar-refractivity contribution in [1.82, 2.24) is 14.5 Å². The second-order valence-electron chi connectivity index (χ2n) is 9.75. The van der Waals surface area contributed by atoms with Gasteiger partial charge in [0.2, 0.25) is 0 Å². The fourth-order valence-corrected chi connectivity index (χ4v) is 6.63. The Morgan fingerprint density at radius 3 is 1.86 bits per heavy atom. The third kappa shape index (κ3) is 6.01. The number of rotatable bonds is 8. The van der Waals surface area contributed by atoms with Crippen LogP contribution in [0.15, 0.2) is 104 Å². The lowest BCUT2D eigenvalue weighted by Gasteiger charge is -2.26. The van der Waals surface area contributed by atoms with Crippen LogP contribution < -0.4 is 0 Å². The lowest BCUT2D eigenvalue weighted by atomic mass is 10.1. The van der Waals surface area contributed by atoms with Gasteiger partial charge in [-0.05, 0) is 36.4 Å². The third-order valence-corrected chi connectivity index (χ3v) is 8.78. The van der Waals surface area contributed by atoms with E-state index < -0.39 is 46.6 Å². The summed E-state index contributed by atoms with van der Waals surface area (Å²) in [5.41, 5.74) is 1.01. The SMILES string of the molecule is O=C(OC[C@H]1SC(n2cc(F)c3c(Cl)ncnc32)[C@H](OC(=O)c2ccccc2)[C@@H]1OC(=O)c1ccccc1)c1ccccc1. The maximum atomic E-state index is 15.2. The fraction of sp³-hybridized carbons (Fsp3) is 0.156. The second-order valence-corrected chi connectivity index (χ2v) is 11.5. The molecule has 0 spiro atoms. The van der Waals surface area contributed by atoms with Crippen LogP contribution in [0, 0.1) is 5.82 Å². The number of benzene rings is 3. The van der Waals surface area contributed by atoms with E-state index in [1.54, 1.807) is 91.0 Å². The van der Waals surface area contributed by atoms with E-state index in [1.807, 2.05) is 0 Å². The van der Waals surface area contributed by atoms with Gasteiger partial charge >= 0.3 is 17.9 Å². The highest BCUT2D eigenvalue weighted by Crippen LogP contribution is 2.47. The number of hydrogen-bond acceptors (Lipinski definition) is 9. The van der Waals surface area contributed by atoms with Crippen molar-refractivity contribution in [3.63, 3.8) is 0 Å². The smallest absolute Gasteiger partial charge is 0.338 e. The lowest BCUT2D eigenvalue weighted by Crippen LogP contribution is -2.41. The number of halogens is 2. The molecule has 9 nitrogen and oxygen atoms in total. The Kier molecular flexibility index (Phi) is 8.58. The minimum Gasteiger partial charge on any atom is -0.461 e. The van der Waals surface area contributed by atoms with Crippen LogP contribution >= 0.6 is 23.4 Å². The van der Waals surface area contributed by atoms with Gasteiger partial charge in [0.25, 0.3) is 0 Å². The van der Waals surface area contributed by atoms with Gasteiger partial charge in [0.1, 0.15) is 29.1 Å². The zero-order chi connectivity index (χ0) is 30.6. The van der Waals surface area contributed by atoms with Crippen molar-refractivity contribution >= 4 is 52.3 Å². The first-order chi connectivity index (χ1) is 21.4. The highest BCUT2D eigenvalue weighted by molar-refractivity contribution is 8.00. The highest BCUT2D eigenvalue weighted by Gasteiger charge is 2.51. The third-order valence-electron chi connectivity index (χ3n) is 6.97. The first-order valence-electron chi connectivity index (χ1n) is 13.5. The first kappa shape index (κ1) is 29.3. The molecule has 3 heterocycles. The van der Waals surface area contributed by atoms with Crippen LogP contribution in [0.4, 0.5) is 4.39 Å². The van der Waals surface area contributed by atoms with Gasteiger partial charge in [0.15, 0.2) is 18.0 Å². The number of esters is 3. The molecule has 0 N–H and O–H groups in total. The summed E-state index contributed by atoms with van der Waals surface area (Å²) in [4.78, 5) is 47.7. The van der Waals surface area contributed by atoms with E-state index in [0.717, 1.165) is 0 Å². The number of ether oxygens (including phenoxy) is 3. The molecule has 4 atom stereocenters. The molecule has 0 amide bonds. The van der Waals surface area contributed by atoms with E-state index in [9.17, 15) is 14.4 Å². The largest absolute Gasteiger partial charge is 0.461 e. The molecule has 0 bridgehead atoms. The van der Waals surface area contributed by atoms with Crippen molar-refractivity contribution in [2.45, 2.75) is 22.8 Å². The maximum absolute atomic E-state index is 15.2. The minimum absolute atomic E-state index is 0.0142. The molecule has 12 heteroatoms. The van der Waals surface area contributed by atoms with Crippen LogP contribution in [-0.4, -0.2) is 56.5 Å². The predicted octanol–water partition coefficient (Wildman–Crippen LogP) is 6.15. The standard InChI is InChI=1S/C32H23ClFN3O6S/c33-27-24-22(34)16-37(28(24)36-18-35-27)29-26(43-32(40)21-14-8-3-9-15-21)25(42-31(39)20-12-6-2-7-13-20)23(44-29)17-41-30(38)19-10-4-1-5-11-19/h1-16,18,23,25-26,29H,17H2/t23-,25-,26-,29?/m1/s1. The summed E-state index contributed by atoms with van der Waals surface area (Å²) >= 11 is 7.38. The molecule has 0 saturated carbocycles. The van der Waals surface area contributed by atoms with Crippen LogP contribution in [0.1, 0.15) is 36.4 Å². The Labute approximate surface area is 259 Å². The van der Waals surface area contributed by atoms with Crippen LogP contribution in [0.5, 0.6) is 0 Å². The molecule has 1 aliphatic rings. The molecule has 6 rings (SSSR count). The number of carbonyl (C=O) groups excluding carboxylic acids is 3. The van der Waals surface area contributed by atoms with E-state index in [0.29, 0.717) is 5.56 Å². The molecular weight excluding hydrogens is 609 g/mol. The van der Waals surface area contributed by atoms with Gasteiger partial charge in [-0.3, -0.25) is 0 Å². The minimum atomic E-state index is -1.16. The van der Waals surface area contributed by atoms with Crippen molar-refractivity contribution in [2.24, 2.45) is 0 Å². The van der Waals surface area contributed by atoms with Crippen LogP contribution in [0.25, 0.3) is 11.0 Å².